The molecule has 0 fully saturated rings. The maximum atomic E-state index is 8.62. The standard InChI is InChI=1S/C35H72O9/c1-6-7-8-9-10-11-12-13-14-15-16-17-18-20-40-28-32(2)42-30-34(4)44-31-35(5)43-29-33(3)41-27-26-39-25-24-38-23-22-37-21-19-36/h32-36H,6-31H2,1-5H3. The van der Waals surface area contributed by atoms with E-state index < -0.39 is 0 Å². The number of ether oxygens (including phenoxy) is 8. The SMILES string of the molecule is CCCCCCCCCCCCCCCOCC(C)OCC(C)OCC(C)OCC(C)OCCOCCOCCOCCO. The van der Waals surface area contributed by atoms with Crippen molar-refractivity contribution < 1.29 is 43.0 Å². The molecule has 0 aromatic heterocycles. The van der Waals surface area contributed by atoms with Crippen LogP contribution in [0.1, 0.15) is 118 Å². The highest BCUT2D eigenvalue weighted by atomic mass is 16.6. The van der Waals surface area contributed by atoms with Crippen molar-refractivity contribution in [3.05, 3.63) is 0 Å². The molecule has 0 heterocycles. The first kappa shape index (κ1) is 43.6. The van der Waals surface area contributed by atoms with Crippen molar-refractivity contribution in [2.24, 2.45) is 0 Å². The summed E-state index contributed by atoms with van der Waals surface area (Å²) in [5, 5.41) is 8.62. The lowest BCUT2D eigenvalue weighted by molar-refractivity contribution is -0.0951. The normalized spacial score (nSPS) is 14.6. The molecule has 4 unspecified atom stereocenters. The van der Waals surface area contributed by atoms with Crippen LogP contribution in [0.15, 0.2) is 0 Å². The predicted octanol–water partition coefficient (Wildman–Crippen LogP) is 6.76. The summed E-state index contributed by atoms with van der Waals surface area (Å²) in [6, 6.07) is 0. The number of aliphatic hydroxyl groups is 1. The minimum atomic E-state index is -0.0284. The van der Waals surface area contributed by atoms with Crippen LogP contribution < -0.4 is 0 Å². The molecule has 0 aliphatic heterocycles. The summed E-state index contributed by atoms with van der Waals surface area (Å²) in [4.78, 5) is 0. The summed E-state index contributed by atoms with van der Waals surface area (Å²) in [6.07, 6.45) is 17.7. The Labute approximate surface area is 271 Å². The third-order valence-electron chi connectivity index (χ3n) is 7.20. The number of unbranched alkanes of at least 4 members (excludes halogenated alkanes) is 12. The van der Waals surface area contributed by atoms with Gasteiger partial charge < -0.3 is 43.0 Å². The average molecular weight is 637 g/mol. The molecule has 0 radical (unpaired) electrons. The molecule has 44 heavy (non-hydrogen) atoms. The van der Waals surface area contributed by atoms with Gasteiger partial charge >= 0.3 is 0 Å². The first-order valence-corrected chi connectivity index (χ1v) is 17.9. The van der Waals surface area contributed by atoms with Crippen LogP contribution in [0.25, 0.3) is 0 Å². The van der Waals surface area contributed by atoms with E-state index in [1.54, 1.807) is 0 Å². The minimum Gasteiger partial charge on any atom is -0.394 e. The molecule has 0 rings (SSSR count). The van der Waals surface area contributed by atoms with Crippen molar-refractivity contribution in [2.45, 2.75) is 143 Å². The zero-order chi connectivity index (χ0) is 32.4. The Morgan fingerprint density at radius 3 is 1.18 bits per heavy atom. The number of rotatable bonds is 37. The second kappa shape index (κ2) is 35.5. The molecule has 9 heteroatoms. The van der Waals surface area contributed by atoms with Gasteiger partial charge in [-0.3, -0.25) is 0 Å². The highest BCUT2D eigenvalue weighted by Crippen LogP contribution is 2.12. The van der Waals surface area contributed by atoms with E-state index in [1.807, 2.05) is 20.8 Å². The molecule has 4 atom stereocenters. The van der Waals surface area contributed by atoms with Crippen LogP contribution in [0.3, 0.4) is 0 Å². The molecule has 0 spiro atoms. The van der Waals surface area contributed by atoms with E-state index in [9.17, 15) is 0 Å². The molecular weight excluding hydrogens is 564 g/mol. The fourth-order valence-electron chi connectivity index (χ4n) is 4.48. The molecule has 0 saturated carbocycles. The third kappa shape index (κ3) is 34.5. The van der Waals surface area contributed by atoms with Gasteiger partial charge in [0.2, 0.25) is 0 Å². The van der Waals surface area contributed by atoms with E-state index in [4.69, 9.17) is 43.0 Å². The summed E-state index contributed by atoms with van der Waals surface area (Å²) < 4.78 is 45.2. The Morgan fingerprint density at radius 2 is 0.727 bits per heavy atom. The van der Waals surface area contributed by atoms with Crippen LogP contribution in [0.5, 0.6) is 0 Å². The molecule has 1 N–H and O–H groups in total. The second-order valence-corrected chi connectivity index (χ2v) is 12.0. The Morgan fingerprint density at radius 1 is 0.364 bits per heavy atom. The number of hydrogen-bond acceptors (Lipinski definition) is 9. The summed E-state index contributed by atoms with van der Waals surface area (Å²) in [7, 11) is 0. The van der Waals surface area contributed by atoms with Crippen molar-refractivity contribution in [3.8, 4) is 0 Å². The molecule has 0 aromatic rings. The van der Waals surface area contributed by atoms with Crippen molar-refractivity contribution in [1.29, 1.82) is 0 Å². The van der Waals surface area contributed by atoms with Crippen LogP contribution in [-0.4, -0.2) is 115 Å². The van der Waals surface area contributed by atoms with Gasteiger partial charge in [-0.15, -0.1) is 0 Å². The van der Waals surface area contributed by atoms with E-state index in [0.717, 1.165) is 13.0 Å². The van der Waals surface area contributed by atoms with Crippen molar-refractivity contribution in [1.82, 2.24) is 0 Å². The highest BCUT2D eigenvalue weighted by molar-refractivity contribution is 4.57. The number of aliphatic hydroxyl groups excluding tert-OH is 1. The first-order chi connectivity index (χ1) is 21.5. The van der Waals surface area contributed by atoms with Gasteiger partial charge in [0.05, 0.1) is 104 Å². The molecule has 9 nitrogen and oxygen atoms in total. The molecule has 0 aliphatic rings. The largest absolute Gasteiger partial charge is 0.394 e. The van der Waals surface area contributed by atoms with Gasteiger partial charge in [0.1, 0.15) is 0 Å². The summed E-state index contributed by atoms with van der Waals surface area (Å²) in [5.74, 6) is 0. The van der Waals surface area contributed by atoms with Crippen molar-refractivity contribution >= 4 is 0 Å². The smallest absolute Gasteiger partial charge is 0.0781 e. The Hall–Kier alpha value is -0.360. The van der Waals surface area contributed by atoms with Gasteiger partial charge in [-0.2, -0.15) is 0 Å². The average Bonchev–Trinajstić information content (AvgIpc) is 3.02. The van der Waals surface area contributed by atoms with Gasteiger partial charge in [0, 0.05) is 6.61 Å². The van der Waals surface area contributed by atoms with Crippen LogP contribution in [-0.2, 0) is 37.9 Å². The summed E-state index contributed by atoms with van der Waals surface area (Å²) in [6.45, 7) is 16.7. The van der Waals surface area contributed by atoms with Gasteiger partial charge in [0.15, 0.2) is 0 Å². The maximum absolute atomic E-state index is 8.62. The van der Waals surface area contributed by atoms with E-state index in [1.165, 1.54) is 77.0 Å². The first-order valence-electron chi connectivity index (χ1n) is 17.9. The minimum absolute atomic E-state index is 0.00701. The Bertz CT molecular complexity index is 540. The van der Waals surface area contributed by atoms with Crippen molar-refractivity contribution in [2.75, 3.05) is 85.9 Å². The fraction of sp³-hybridized carbons (Fsp3) is 1.00. The highest BCUT2D eigenvalue weighted by Gasteiger charge is 2.12. The van der Waals surface area contributed by atoms with Crippen LogP contribution in [0.2, 0.25) is 0 Å². The van der Waals surface area contributed by atoms with Crippen molar-refractivity contribution in [3.63, 3.8) is 0 Å². The van der Waals surface area contributed by atoms with E-state index in [-0.39, 0.29) is 31.0 Å². The predicted molar refractivity (Wildman–Crippen MR) is 178 cm³/mol. The van der Waals surface area contributed by atoms with Crippen LogP contribution in [0.4, 0.5) is 0 Å². The summed E-state index contributed by atoms with van der Waals surface area (Å²) in [5.41, 5.74) is 0. The lowest BCUT2D eigenvalue weighted by atomic mass is 10.0. The van der Waals surface area contributed by atoms with E-state index >= 15 is 0 Å². The molecule has 0 saturated heterocycles. The molecule has 266 valence electrons. The van der Waals surface area contributed by atoms with Gasteiger partial charge in [0.25, 0.3) is 0 Å². The third-order valence-corrected chi connectivity index (χ3v) is 7.20. The molecular formula is C35H72O9. The lowest BCUT2D eigenvalue weighted by Crippen LogP contribution is -2.28. The zero-order valence-corrected chi connectivity index (χ0v) is 29.4. The van der Waals surface area contributed by atoms with Gasteiger partial charge in [-0.1, -0.05) is 84.0 Å². The summed E-state index contributed by atoms with van der Waals surface area (Å²) >= 11 is 0. The van der Waals surface area contributed by atoms with Crippen LogP contribution >= 0.6 is 0 Å². The van der Waals surface area contributed by atoms with Gasteiger partial charge in [-0.05, 0) is 34.1 Å². The van der Waals surface area contributed by atoms with Crippen LogP contribution in [0, 0.1) is 0 Å². The second-order valence-electron chi connectivity index (χ2n) is 12.0. The number of hydrogen-bond donors (Lipinski definition) is 1. The topological polar surface area (TPSA) is 94.1 Å². The fourth-order valence-corrected chi connectivity index (χ4v) is 4.48. The van der Waals surface area contributed by atoms with E-state index in [2.05, 4.69) is 13.8 Å². The Balaban J connectivity index is 3.47. The quantitative estimate of drug-likeness (QED) is 0.0743. The van der Waals surface area contributed by atoms with Gasteiger partial charge in [-0.25, -0.2) is 0 Å². The molecule has 0 aliphatic carbocycles. The zero-order valence-electron chi connectivity index (χ0n) is 29.4. The van der Waals surface area contributed by atoms with E-state index in [0.29, 0.717) is 72.7 Å². The Kier molecular flexibility index (Phi) is 35.2. The molecule has 0 amide bonds. The molecule has 0 bridgehead atoms. The molecule has 0 aromatic carbocycles. The monoisotopic (exact) mass is 637 g/mol. The maximum Gasteiger partial charge on any atom is 0.0781 e. The lowest BCUT2D eigenvalue weighted by Gasteiger charge is -2.21.